The number of hydrogen-bond donors (Lipinski definition) is 1. The number of nitrogens with one attached hydrogen (secondary N) is 1. The van der Waals surface area contributed by atoms with Crippen molar-refractivity contribution in [3.05, 3.63) is 0 Å². The highest BCUT2D eigenvalue weighted by atomic mass is 32.2. The van der Waals surface area contributed by atoms with Crippen molar-refractivity contribution in [3.8, 4) is 0 Å². The predicted octanol–water partition coefficient (Wildman–Crippen LogP) is 3.17. The van der Waals surface area contributed by atoms with E-state index in [9.17, 15) is 4.79 Å². The molecule has 0 unspecified atom stereocenters. The van der Waals surface area contributed by atoms with Crippen molar-refractivity contribution >= 4 is 34.1 Å². The van der Waals surface area contributed by atoms with Gasteiger partial charge in [0.25, 0.3) is 0 Å². The van der Waals surface area contributed by atoms with Crippen LogP contribution >= 0.6 is 23.1 Å². The molecular weight excluding hydrogens is 242 g/mol. The summed E-state index contributed by atoms with van der Waals surface area (Å²) in [5, 5.41) is 11.3. The predicted molar refractivity (Wildman–Crippen MR) is 69.1 cm³/mol. The van der Waals surface area contributed by atoms with Crippen LogP contribution in [0.15, 0.2) is 4.34 Å². The summed E-state index contributed by atoms with van der Waals surface area (Å²) in [6.45, 7) is 4.19. The summed E-state index contributed by atoms with van der Waals surface area (Å²) in [5.41, 5.74) is 0. The Hall–Kier alpha value is -0.620. The van der Waals surface area contributed by atoms with Crippen LogP contribution in [-0.2, 0) is 4.79 Å². The molecule has 0 radical (unpaired) electrons. The third kappa shape index (κ3) is 4.94. The molecule has 1 N–H and O–H groups in total. The SMILES string of the molecule is CCCCCC(=O)Nc1nnc(SCC)s1. The van der Waals surface area contributed by atoms with Gasteiger partial charge in [-0.25, -0.2) is 0 Å². The number of carbonyl (C=O) groups is 1. The van der Waals surface area contributed by atoms with E-state index in [4.69, 9.17) is 0 Å². The number of rotatable bonds is 7. The van der Waals surface area contributed by atoms with E-state index >= 15 is 0 Å². The number of amides is 1. The highest BCUT2D eigenvalue weighted by Gasteiger charge is 2.07. The summed E-state index contributed by atoms with van der Waals surface area (Å²) in [7, 11) is 0. The smallest absolute Gasteiger partial charge is 0.226 e. The van der Waals surface area contributed by atoms with Gasteiger partial charge in [0.15, 0.2) is 4.34 Å². The molecule has 90 valence electrons. The highest BCUT2D eigenvalue weighted by Crippen LogP contribution is 2.25. The number of unbranched alkanes of at least 4 members (excludes halogenated alkanes) is 2. The number of carbonyl (C=O) groups excluding carboxylic acids is 1. The van der Waals surface area contributed by atoms with Crippen LogP contribution in [0.3, 0.4) is 0 Å². The minimum atomic E-state index is 0.0395. The molecule has 0 spiro atoms. The minimum Gasteiger partial charge on any atom is -0.301 e. The Labute approximate surface area is 104 Å². The second-order valence-corrected chi connectivity index (χ2v) is 5.80. The van der Waals surface area contributed by atoms with E-state index in [1.54, 1.807) is 11.8 Å². The third-order valence-corrected chi connectivity index (χ3v) is 3.78. The third-order valence-electron chi connectivity index (χ3n) is 1.93. The number of anilines is 1. The first-order valence-electron chi connectivity index (χ1n) is 5.52. The fourth-order valence-electron chi connectivity index (χ4n) is 1.16. The average molecular weight is 259 g/mol. The summed E-state index contributed by atoms with van der Waals surface area (Å²) in [6.07, 6.45) is 3.74. The standard InChI is InChI=1S/C10H17N3OS2/c1-3-5-6-7-8(14)11-9-12-13-10(16-9)15-4-2/h3-7H2,1-2H3,(H,11,12,14). The lowest BCUT2D eigenvalue weighted by atomic mass is 10.2. The molecule has 1 rings (SSSR count). The van der Waals surface area contributed by atoms with E-state index in [-0.39, 0.29) is 5.91 Å². The second-order valence-electron chi connectivity index (χ2n) is 3.31. The summed E-state index contributed by atoms with van der Waals surface area (Å²) < 4.78 is 0.909. The summed E-state index contributed by atoms with van der Waals surface area (Å²) in [5.74, 6) is 1.01. The van der Waals surface area contributed by atoms with E-state index < -0.39 is 0 Å². The maximum Gasteiger partial charge on any atom is 0.226 e. The molecule has 6 heteroatoms. The van der Waals surface area contributed by atoms with Gasteiger partial charge in [-0.05, 0) is 12.2 Å². The summed E-state index contributed by atoms with van der Waals surface area (Å²) in [4.78, 5) is 11.5. The normalized spacial score (nSPS) is 10.4. The molecule has 0 fully saturated rings. The van der Waals surface area contributed by atoms with Gasteiger partial charge in [0.2, 0.25) is 11.0 Å². The first kappa shape index (κ1) is 13.4. The van der Waals surface area contributed by atoms with E-state index in [0.29, 0.717) is 11.6 Å². The van der Waals surface area contributed by atoms with E-state index in [1.807, 2.05) is 0 Å². The Balaban J connectivity index is 2.31. The Kier molecular flexibility index (Phi) is 6.40. The molecule has 16 heavy (non-hydrogen) atoms. The van der Waals surface area contributed by atoms with Crippen molar-refractivity contribution < 1.29 is 4.79 Å². The summed E-state index contributed by atoms with van der Waals surface area (Å²) >= 11 is 3.07. The van der Waals surface area contributed by atoms with Crippen molar-refractivity contribution in [3.63, 3.8) is 0 Å². The molecule has 1 amide bonds. The van der Waals surface area contributed by atoms with Crippen molar-refractivity contribution in [1.29, 1.82) is 0 Å². The van der Waals surface area contributed by atoms with E-state index in [1.165, 1.54) is 11.3 Å². The van der Waals surface area contributed by atoms with Crippen molar-refractivity contribution in [2.75, 3.05) is 11.1 Å². The number of aromatic nitrogens is 2. The van der Waals surface area contributed by atoms with Crippen molar-refractivity contribution in [1.82, 2.24) is 10.2 Å². The van der Waals surface area contributed by atoms with Gasteiger partial charge in [0, 0.05) is 6.42 Å². The van der Waals surface area contributed by atoms with Crippen LogP contribution in [0.25, 0.3) is 0 Å². The van der Waals surface area contributed by atoms with Gasteiger partial charge in [0.05, 0.1) is 0 Å². The largest absolute Gasteiger partial charge is 0.301 e. The van der Waals surface area contributed by atoms with Crippen molar-refractivity contribution in [2.24, 2.45) is 0 Å². The molecule has 0 aliphatic carbocycles. The van der Waals surface area contributed by atoms with Gasteiger partial charge in [-0.2, -0.15) is 0 Å². The zero-order valence-corrected chi connectivity index (χ0v) is 11.3. The molecule has 0 atom stereocenters. The molecular formula is C10H17N3OS2. The lowest BCUT2D eigenvalue weighted by Crippen LogP contribution is -2.10. The minimum absolute atomic E-state index is 0.0395. The van der Waals surface area contributed by atoms with E-state index in [0.717, 1.165) is 29.4 Å². The first-order valence-corrected chi connectivity index (χ1v) is 7.32. The van der Waals surface area contributed by atoms with Gasteiger partial charge in [-0.3, -0.25) is 4.79 Å². The Morgan fingerprint density at radius 1 is 1.38 bits per heavy atom. The van der Waals surface area contributed by atoms with Crippen LogP contribution < -0.4 is 5.32 Å². The Morgan fingerprint density at radius 3 is 2.88 bits per heavy atom. The summed E-state index contributed by atoms with van der Waals surface area (Å²) in [6, 6.07) is 0. The van der Waals surface area contributed by atoms with Gasteiger partial charge in [0.1, 0.15) is 0 Å². The Bertz CT molecular complexity index is 328. The average Bonchev–Trinajstić information content (AvgIpc) is 2.66. The monoisotopic (exact) mass is 259 g/mol. The van der Waals surface area contributed by atoms with Crippen LogP contribution in [0.4, 0.5) is 5.13 Å². The van der Waals surface area contributed by atoms with Gasteiger partial charge >= 0.3 is 0 Å². The fraction of sp³-hybridized carbons (Fsp3) is 0.700. The maximum atomic E-state index is 11.5. The molecule has 1 heterocycles. The molecule has 0 aliphatic rings. The Morgan fingerprint density at radius 2 is 2.19 bits per heavy atom. The van der Waals surface area contributed by atoms with Crippen LogP contribution in [0.2, 0.25) is 0 Å². The molecule has 0 aliphatic heterocycles. The molecule has 0 aromatic carbocycles. The number of nitrogens with zero attached hydrogens (tertiary/aromatic N) is 2. The molecule has 1 aromatic rings. The van der Waals surface area contributed by atoms with Crippen LogP contribution in [0.5, 0.6) is 0 Å². The first-order chi connectivity index (χ1) is 7.76. The quantitative estimate of drug-likeness (QED) is 0.464. The van der Waals surface area contributed by atoms with Gasteiger partial charge in [-0.1, -0.05) is 49.8 Å². The fourth-order valence-corrected chi connectivity index (χ4v) is 2.82. The highest BCUT2D eigenvalue weighted by molar-refractivity contribution is 8.01. The molecule has 4 nitrogen and oxygen atoms in total. The van der Waals surface area contributed by atoms with Gasteiger partial charge in [-0.15, -0.1) is 10.2 Å². The molecule has 0 saturated carbocycles. The van der Waals surface area contributed by atoms with Crippen LogP contribution in [0.1, 0.15) is 39.5 Å². The number of hydrogen-bond acceptors (Lipinski definition) is 5. The maximum absolute atomic E-state index is 11.5. The molecule has 0 bridgehead atoms. The second kappa shape index (κ2) is 7.62. The lowest BCUT2D eigenvalue weighted by Gasteiger charge is -1.99. The topological polar surface area (TPSA) is 54.9 Å². The number of thioether (sulfide) groups is 1. The van der Waals surface area contributed by atoms with Gasteiger partial charge < -0.3 is 5.32 Å². The molecule has 1 aromatic heterocycles. The zero-order valence-electron chi connectivity index (χ0n) is 9.65. The van der Waals surface area contributed by atoms with Crippen LogP contribution in [-0.4, -0.2) is 21.9 Å². The van der Waals surface area contributed by atoms with E-state index in [2.05, 4.69) is 29.4 Å². The zero-order chi connectivity index (χ0) is 11.8. The van der Waals surface area contributed by atoms with Crippen molar-refractivity contribution in [2.45, 2.75) is 43.9 Å². The molecule has 0 saturated heterocycles. The lowest BCUT2D eigenvalue weighted by molar-refractivity contribution is -0.116. The van der Waals surface area contributed by atoms with Crippen LogP contribution in [0, 0.1) is 0 Å².